The third-order valence-electron chi connectivity index (χ3n) is 23.8. The van der Waals surface area contributed by atoms with Crippen molar-refractivity contribution >= 4 is 85.2 Å². The molecule has 8 aliphatic rings. The number of piperidine rings is 3. The number of hydrogen-bond donors (Lipinski definition) is 0. The van der Waals surface area contributed by atoms with Crippen LogP contribution in [0.25, 0.3) is 55.7 Å². The van der Waals surface area contributed by atoms with Crippen LogP contribution in [0.1, 0.15) is 220 Å². The minimum atomic E-state index is -0.425. The van der Waals surface area contributed by atoms with Gasteiger partial charge in [0.1, 0.15) is 5.15 Å². The van der Waals surface area contributed by atoms with Crippen LogP contribution in [0.15, 0.2) is 79.3 Å². The van der Waals surface area contributed by atoms with Crippen molar-refractivity contribution in [3.05, 3.63) is 130 Å². The molecule has 9 aromatic rings. The fourth-order valence-corrected chi connectivity index (χ4v) is 17.2. The summed E-state index contributed by atoms with van der Waals surface area (Å²) < 4.78 is 49.1. The SMILES string of the molecule is CCOC(=O)c1cc(N2CCC(COC)CC2)c2c(C3CCC3)nn(-c3ccnc(C4=CCOCC4)c3)c2n1.CCOC(=O)c1cc(N2CCC(COC)CC2)c2c(C3CCC3)nn(-c3ccnc(C4CCOCC4)c3)c2n1.CCOC(=O)c1cc(N2CCC(COC)CC2)c2c(C3CCC3)nn(-c3ccnc(Cl)c3)c2n1. The summed E-state index contributed by atoms with van der Waals surface area (Å²) in [4.78, 5) is 74.0. The first-order valence-electron chi connectivity index (χ1n) is 40.8. The molecule has 0 atom stereocenters. The number of methoxy groups -OCH3 is 3. The van der Waals surface area contributed by atoms with Gasteiger partial charge in [-0.15, -0.1) is 0 Å². The summed E-state index contributed by atoms with van der Waals surface area (Å²) in [5, 5.41) is 19.0. The van der Waals surface area contributed by atoms with Crippen LogP contribution in [0.4, 0.5) is 17.1 Å². The average Bonchev–Trinajstić information content (AvgIpc) is 1.59. The number of halogens is 1. The van der Waals surface area contributed by atoms with Crippen LogP contribution in [0.3, 0.4) is 0 Å². The molecule has 0 N–H and O–H groups in total. The summed E-state index contributed by atoms with van der Waals surface area (Å²) >= 11 is 6.20. The zero-order valence-corrected chi connectivity index (χ0v) is 66.4. The summed E-state index contributed by atoms with van der Waals surface area (Å²) in [5.41, 5.74) is 15.1. The van der Waals surface area contributed by atoms with E-state index in [0.717, 1.165) is 253 Å². The van der Waals surface area contributed by atoms with Gasteiger partial charge in [0.15, 0.2) is 34.0 Å². The maximum Gasteiger partial charge on any atom is 0.357 e. The summed E-state index contributed by atoms with van der Waals surface area (Å²) in [7, 11) is 5.30. The van der Waals surface area contributed by atoms with E-state index in [1.807, 2.05) is 72.0 Å². The quantitative estimate of drug-likeness (QED) is 0.0327. The van der Waals surface area contributed by atoms with Crippen LogP contribution in [0, 0.1) is 17.8 Å². The number of carbonyl (C=O) groups excluding carboxylic acids is 3. The Bertz CT molecular complexity index is 4810. The molecule has 5 aliphatic heterocycles. The first-order valence-corrected chi connectivity index (χ1v) is 41.2. The number of rotatable bonds is 23. The van der Waals surface area contributed by atoms with E-state index in [2.05, 4.69) is 42.9 Å². The Morgan fingerprint density at radius 3 is 1.19 bits per heavy atom. The van der Waals surface area contributed by atoms with E-state index in [1.165, 1.54) is 24.8 Å². The normalized spacial score (nSPS) is 18.5. The van der Waals surface area contributed by atoms with Crippen molar-refractivity contribution in [2.75, 3.05) is 141 Å². The number of fused-ring (bicyclic) bond motifs is 3. The molecule has 3 aliphatic carbocycles. The molecule has 17 rings (SSSR count). The lowest BCUT2D eigenvalue weighted by molar-refractivity contribution is 0.0510. The number of ether oxygens (including phenoxy) is 8. The number of hydrogen-bond acceptors (Lipinski definition) is 23. The van der Waals surface area contributed by atoms with Crippen molar-refractivity contribution in [3.63, 3.8) is 0 Å². The van der Waals surface area contributed by atoms with Gasteiger partial charge in [0.05, 0.1) is 106 Å². The van der Waals surface area contributed by atoms with E-state index in [9.17, 15) is 14.4 Å². The Balaban J connectivity index is 0.000000133. The second-order valence-corrected chi connectivity index (χ2v) is 31.3. The van der Waals surface area contributed by atoms with Gasteiger partial charge < -0.3 is 52.6 Å². The van der Waals surface area contributed by atoms with Gasteiger partial charge in [-0.2, -0.15) is 15.3 Å². The van der Waals surface area contributed by atoms with E-state index in [-0.39, 0.29) is 0 Å². The van der Waals surface area contributed by atoms with Gasteiger partial charge in [-0.1, -0.05) is 36.9 Å². The zero-order valence-electron chi connectivity index (χ0n) is 65.7. The Morgan fingerprint density at radius 1 is 0.446 bits per heavy atom. The van der Waals surface area contributed by atoms with E-state index in [0.29, 0.717) is 108 Å². The van der Waals surface area contributed by atoms with Gasteiger partial charge >= 0.3 is 17.9 Å². The Morgan fingerprint density at radius 2 is 0.830 bits per heavy atom. The second kappa shape index (κ2) is 36.4. The highest BCUT2D eigenvalue weighted by Gasteiger charge is 2.37. The van der Waals surface area contributed by atoms with Crippen molar-refractivity contribution in [2.45, 2.75) is 160 Å². The Hall–Kier alpha value is -9.05. The lowest BCUT2D eigenvalue weighted by atomic mass is 9.82. The molecule has 112 heavy (non-hydrogen) atoms. The highest BCUT2D eigenvalue weighted by atomic mass is 35.5. The third-order valence-corrected chi connectivity index (χ3v) is 24.0. The maximum atomic E-state index is 13.0. The summed E-state index contributed by atoms with van der Waals surface area (Å²) in [6, 6.07) is 17.6. The van der Waals surface area contributed by atoms with E-state index < -0.39 is 17.9 Å². The number of anilines is 3. The minimum Gasteiger partial charge on any atom is -0.461 e. The fourth-order valence-electron chi connectivity index (χ4n) is 17.0. The van der Waals surface area contributed by atoms with Crippen molar-refractivity contribution in [2.24, 2.45) is 17.8 Å². The second-order valence-electron chi connectivity index (χ2n) is 30.9. The highest BCUT2D eigenvalue weighted by Crippen LogP contribution is 2.48. The molecule has 27 heteroatoms. The van der Waals surface area contributed by atoms with Crippen molar-refractivity contribution in [1.82, 2.24) is 59.2 Å². The Kier molecular flexibility index (Phi) is 25.4. The highest BCUT2D eigenvalue weighted by molar-refractivity contribution is 6.29. The first kappa shape index (κ1) is 78.2. The van der Waals surface area contributed by atoms with Gasteiger partial charge in [0, 0.05) is 148 Å². The molecule has 9 aromatic heterocycles. The number of nitrogens with zero attached hydrogens (tertiary/aromatic N) is 15. The number of aromatic nitrogens is 12. The molecule has 4 saturated heterocycles. The standard InChI is InChI=1S/C30H39N5O4.C30H37N5O4.C25H30ClN5O3/c2*1-3-39-30(36)25-18-26(34-13-8-20(9-14-34)19-37-2)27-28(22-5-4-6-22)33-35(29(27)32-25)23-7-12-31-24(17-23)21-10-15-38-16-11-21;1-3-34-25(32)19-14-20(30-11-8-16(9-12-30)15-33-2)22-23(17-5-4-6-17)29-31(24(22)28-19)18-7-10-27-21(26)13-18/h7,12,17-18,20-22H,3-6,8-11,13-16,19H2,1-2H3;7,10,12,17-18,20,22H,3-6,8-9,11,13-16,19H2,1-2H3;7,10,13-14,16-17H,3-6,8-9,11-12,15H2,1-2H3. The zero-order chi connectivity index (χ0) is 77.2. The summed E-state index contributed by atoms with van der Waals surface area (Å²) in [5.74, 6) is 2.00. The van der Waals surface area contributed by atoms with Crippen molar-refractivity contribution < 1.29 is 52.3 Å². The Labute approximate surface area is 659 Å². The maximum absolute atomic E-state index is 13.0. The first-order chi connectivity index (χ1) is 54.9. The van der Waals surface area contributed by atoms with Gasteiger partial charge in [-0.25, -0.2) is 48.4 Å². The molecule has 3 saturated carbocycles. The largest absolute Gasteiger partial charge is 0.461 e. The number of esters is 3. The molecular weight excluding hydrogens is 1440 g/mol. The molecule has 0 spiro atoms. The summed E-state index contributed by atoms with van der Waals surface area (Å²) in [6.07, 6.45) is 26.9. The monoisotopic (exact) mass is 1550 g/mol. The van der Waals surface area contributed by atoms with Gasteiger partial charge in [0.25, 0.3) is 0 Å². The summed E-state index contributed by atoms with van der Waals surface area (Å²) in [6.45, 7) is 16.9. The van der Waals surface area contributed by atoms with Gasteiger partial charge in [0.2, 0.25) is 0 Å². The number of pyridine rings is 6. The molecule has 594 valence electrons. The van der Waals surface area contributed by atoms with Crippen LogP contribution in [0.2, 0.25) is 5.15 Å². The van der Waals surface area contributed by atoms with Crippen molar-refractivity contribution in [3.8, 4) is 17.1 Å². The van der Waals surface area contributed by atoms with Crippen LogP contribution in [-0.4, -0.2) is 204 Å². The van der Waals surface area contributed by atoms with Gasteiger partial charge in [-0.05, 0) is 189 Å². The lowest BCUT2D eigenvalue weighted by Crippen LogP contribution is -2.35. The minimum absolute atomic E-state index is 0.294. The molecule has 0 amide bonds. The average molecular weight is 1550 g/mol. The van der Waals surface area contributed by atoms with Crippen molar-refractivity contribution in [1.29, 1.82) is 0 Å². The van der Waals surface area contributed by atoms with Crippen LogP contribution in [-0.2, 0) is 37.9 Å². The smallest absolute Gasteiger partial charge is 0.357 e. The van der Waals surface area contributed by atoms with E-state index in [1.54, 1.807) is 45.2 Å². The molecule has 0 aromatic carbocycles. The molecule has 0 unspecified atom stereocenters. The molecule has 7 fully saturated rings. The molecule has 0 radical (unpaired) electrons. The third kappa shape index (κ3) is 17.1. The lowest BCUT2D eigenvalue weighted by Gasteiger charge is -2.34. The van der Waals surface area contributed by atoms with E-state index >= 15 is 0 Å². The predicted molar refractivity (Wildman–Crippen MR) is 429 cm³/mol. The fraction of sp³-hybridized carbons (Fsp3) is 0.553. The van der Waals surface area contributed by atoms with Crippen LogP contribution >= 0.6 is 11.6 Å². The predicted octanol–water partition coefficient (Wildman–Crippen LogP) is 14.7. The van der Waals surface area contributed by atoms with E-state index in [4.69, 9.17) is 84.7 Å². The molecule has 26 nitrogen and oxygen atoms in total. The number of carbonyl (C=O) groups is 3. The molecule has 14 heterocycles. The molecule has 0 bridgehead atoms. The van der Waals surface area contributed by atoms with Gasteiger partial charge in [-0.3, -0.25) is 9.97 Å². The van der Waals surface area contributed by atoms with Crippen LogP contribution in [0.5, 0.6) is 0 Å². The van der Waals surface area contributed by atoms with Crippen LogP contribution < -0.4 is 14.7 Å². The molecular formula is C85H106ClN15O11. The topological polar surface area (TPSA) is 266 Å².